The fourth-order valence-electron chi connectivity index (χ4n) is 2.21. The molecule has 0 saturated heterocycles. The number of nitrogens with zero attached hydrogens (tertiary/aromatic N) is 1. The van der Waals surface area contributed by atoms with Gasteiger partial charge in [-0.25, -0.2) is 9.36 Å². The third-order valence-corrected chi connectivity index (χ3v) is 3.23. The highest BCUT2D eigenvalue weighted by atomic mass is 16.5. The maximum atomic E-state index is 12.5. The van der Waals surface area contributed by atoms with Crippen molar-refractivity contribution < 1.29 is 9.84 Å². The van der Waals surface area contributed by atoms with Crippen molar-refractivity contribution >= 4 is 10.9 Å². The number of H-pyrrole nitrogens is 1. The number of aromatic nitrogens is 2. The topological polar surface area (TPSA) is 84.3 Å². The van der Waals surface area contributed by atoms with Gasteiger partial charge in [0.05, 0.1) is 18.3 Å². The molecule has 1 aromatic heterocycles. The second-order valence-corrected chi connectivity index (χ2v) is 4.47. The number of fused-ring (bicyclic) bond motifs is 1. The van der Waals surface area contributed by atoms with Crippen LogP contribution < -0.4 is 16.0 Å². The zero-order valence-electron chi connectivity index (χ0n) is 11.2. The molecule has 0 fully saturated rings. The normalized spacial score (nSPS) is 10.7. The highest BCUT2D eigenvalue weighted by Crippen LogP contribution is 2.19. The predicted octanol–water partition coefficient (Wildman–Crippen LogP) is 1.39. The average Bonchev–Trinajstić information content (AvgIpc) is 2.47. The summed E-state index contributed by atoms with van der Waals surface area (Å²) in [5.74, 6) is 0.447. The molecule has 106 valence electrons. The predicted molar refractivity (Wildman–Crippen MR) is 78.4 cm³/mol. The monoisotopic (exact) mass is 284 g/mol. The van der Waals surface area contributed by atoms with E-state index in [1.807, 2.05) is 0 Å². The van der Waals surface area contributed by atoms with Gasteiger partial charge in [-0.2, -0.15) is 0 Å². The molecule has 0 atom stereocenters. The van der Waals surface area contributed by atoms with Gasteiger partial charge < -0.3 is 14.8 Å². The molecule has 1 heterocycles. The van der Waals surface area contributed by atoms with Crippen LogP contribution in [0, 0.1) is 0 Å². The lowest BCUT2D eigenvalue weighted by molar-refractivity contribution is 0.414. The van der Waals surface area contributed by atoms with Crippen molar-refractivity contribution in [3.63, 3.8) is 0 Å². The number of hydrogen-bond donors (Lipinski definition) is 2. The fraction of sp³-hybridized carbons (Fsp3) is 0.0667. The molecule has 3 rings (SSSR count). The van der Waals surface area contributed by atoms with Crippen LogP contribution in [0.5, 0.6) is 11.5 Å². The molecule has 3 aromatic rings. The van der Waals surface area contributed by atoms with Gasteiger partial charge in [0.1, 0.15) is 16.9 Å². The quantitative estimate of drug-likeness (QED) is 0.745. The van der Waals surface area contributed by atoms with Crippen LogP contribution in [-0.2, 0) is 0 Å². The van der Waals surface area contributed by atoms with Crippen molar-refractivity contribution in [2.45, 2.75) is 0 Å². The van der Waals surface area contributed by atoms with Gasteiger partial charge in [0.2, 0.25) is 0 Å². The lowest BCUT2D eigenvalue weighted by atomic mass is 10.2. The second kappa shape index (κ2) is 4.82. The Balaban J connectivity index is 2.34. The molecule has 0 bridgehead atoms. The van der Waals surface area contributed by atoms with Crippen molar-refractivity contribution in [2.24, 2.45) is 0 Å². The first kappa shape index (κ1) is 13.0. The number of aromatic amines is 1. The van der Waals surface area contributed by atoms with Gasteiger partial charge in [-0.3, -0.25) is 4.79 Å². The van der Waals surface area contributed by atoms with Crippen molar-refractivity contribution in [1.82, 2.24) is 9.55 Å². The molecule has 0 unspecified atom stereocenters. The second-order valence-electron chi connectivity index (χ2n) is 4.47. The van der Waals surface area contributed by atoms with Gasteiger partial charge in [-0.1, -0.05) is 6.07 Å². The minimum absolute atomic E-state index is 0.0768. The summed E-state index contributed by atoms with van der Waals surface area (Å²) in [4.78, 5) is 27.2. The maximum Gasteiger partial charge on any atom is 0.333 e. The standard InChI is InChI=1S/C15H12N2O4/c1-21-10-7-5-9(6-8-10)17-14(19)13-11(16-15(17)20)3-2-4-12(13)18/h2-8,18H,1H3,(H,16,20). The molecule has 0 radical (unpaired) electrons. The summed E-state index contributed by atoms with van der Waals surface area (Å²) in [6.45, 7) is 0. The summed E-state index contributed by atoms with van der Waals surface area (Å²) in [5, 5.41) is 9.92. The first-order valence-corrected chi connectivity index (χ1v) is 6.23. The van der Waals surface area contributed by atoms with Gasteiger partial charge in [0.25, 0.3) is 5.56 Å². The first-order chi connectivity index (χ1) is 10.1. The molecule has 0 amide bonds. The molecular weight excluding hydrogens is 272 g/mol. The zero-order valence-corrected chi connectivity index (χ0v) is 11.2. The van der Waals surface area contributed by atoms with Gasteiger partial charge >= 0.3 is 5.69 Å². The molecule has 2 aromatic carbocycles. The SMILES string of the molecule is COc1ccc(-n2c(=O)[nH]c3cccc(O)c3c2=O)cc1. The number of hydrogen-bond acceptors (Lipinski definition) is 4. The minimum Gasteiger partial charge on any atom is -0.507 e. The zero-order chi connectivity index (χ0) is 15.0. The number of ether oxygens (including phenoxy) is 1. The molecule has 2 N–H and O–H groups in total. The Bertz CT molecular complexity index is 923. The lowest BCUT2D eigenvalue weighted by Crippen LogP contribution is -2.33. The molecule has 6 nitrogen and oxygen atoms in total. The Morgan fingerprint density at radius 1 is 1.10 bits per heavy atom. The number of phenolic OH excluding ortho intramolecular Hbond substituents is 1. The van der Waals surface area contributed by atoms with Crippen LogP contribution in [0.1, 0.15) is 0 Å². The summed E-state index contributed by atoms with van der Waals surface area (Å²) in [5.41, 5.74) is -0.442. The largest absolute Gasteiger partial charge is 0.507 e. The van der Waals surface area contributed by atoms with Gasteiger partial charge in [-0.05, 0) is 36.4 Å². The Labute approximate surface area is 118 Å². The van der Waals surface area contributed by atoms with E-state index < -0.39 is 11.2 Å². The van der Waals surface area contributed by atoms with Gasteiger partial charge in [0, 0.05) is 0 Å². The Kier molecular flexibility index (Phi) is 2.98. The van der Waals surface area contributed by atoms with Crippen LogP contribution in [0.4, 0.5) is 0 Å². The van der Waals surface area contributed by atoms with Crippen LogP contribution in [0.2, 0.25) is 0 Å². The van der Waals surface area contributed by atoms with Crippen molar-refractivity contribution in [3.8, 4) is 17.2 Å². The third kappa shape index (κ3) is 2.06. The van der Waals surface area contributed by atoms with Crippen LogP contribution in [0.15, 0.2) is 52.1 Å². The van der Waals surface area contributed by atoms with E-state index in [-0.39, 0.29) is 11.1 Å². The first-order valence-electron chi connectivity index (χ1n) is 6.23. The van der Waals surface area contributed by atoms with E-state index in [0.29, 0.717) is 17.0 Å². The summed E-state index contributed by atoms with van der Waals surface area (Å²) in [6, 6.07) is 11.0. The lowest BCUT2D eigenvalue weighted by Gasteiger charge is -2.08. The van der Waals surface area contributed by atoms with E-state index in [9.17, 15) is 14.7 Å². The molecule has 6 heteroatoms. The van der Waals surface area contributed by atoms with E-state index >= 15 is 0 Å². The van der Waals surface area contributed by atoms with Crippen LogP contribution in [-0.4, -0.2) is 21.8 Å². The number of rotatable bonds is 2. The third-order valence-electron chi connectivity index (χ3n) is 3.23. The van der Waals surface area contributed by atoms with Crippen molar-refractivity contribution in [2.75, 3.05) is 7.11 Å². The van der Waals surface area contributed by atoms with E-state index in [1.165, 1.54) is 13.2 Å². The van der Waals surface area contributed by atoms with Crippen LogP contribution in [0.25, 0.3) is 16.6 Å². The molecular formula is C15H12N2O4. The van der Waals surface area contributed by atoms with E-state index in [1.54, 1.807) is 36.4 Å². The van der Waals surface area contributed by atoms with Crippen LogP contribution >= 0.6 is 0 Å². The number of phenols is 1. The highest BCUT2D eigenvalue weighted by molar-refractivity contribution is 5.83. The van der Waals surface area contributed by atoms with Gasteiger partial charge in [-0.15, -0.1) is 0 Å². The number of nitrogens with one attached hydrogen (secondary N) is 1. The summed E-state index contributed by atoms with van der Waals surface area (Å²) in [7, 11) is 1.53. The van der Waals surface area contributed by atoms with E-state index in [4.69, 9.17) is 4.74 Å². The molecule has 21 heavy (non-hydrogen) atoms. The smallest absolute Gasteiger partial charge is 0.333 e. The average molecular weight is 284 g/mol. The van der Waals surface area contributed by atoms with Crippen molar-refractivity contribution in [3.05, 3.63) is 63.3 Å². The van der Waals surface area contributed by atoms with Gasteiger partial charge in [0.15, 0.2) is 0 Å². The number of benzene rings is 2. The molecule has 0 saturated carbocycles. The van der Waals surface area contributed by atoms with E-state index in [0.717, 1.165) is 4.57 Å². The minimum atomic E-state index is -0.572. The summed E-state index contributed by atoms with van der Waals surface area (Å²) >= 11 is 0. The van der Waals surface area contributed by atoms with Crippen LogP contribution in [0.3, 0.4) is 0 Å². The molecule has 0 aliphatic heterocycles. The fourth-order valence-corrected chi connectivity index (χ4v) is 2.21. The van der Waals surface area contributed by atoms with Crippen molar-refractivity contribution in [1.29, 1.82) is 0 Å². The highest BCUT2D eigenvalue weighted by Gasteiger charge is 2.12. The Hall–Kier alpha value is -3.02. The Morgan fingerprint density at radius 2 is 1.81 bits per heavy atom. The van der Waals surface area contributed by atoms with E-state index in [2.05, 4.69) is 4.98 Å². The molecule has 0 aliphatic carbocycles. The number of methoxy groups -OCH3 is 1. The number of aromatic hydroxyl groups is 1. The molecule has 0 spiro atoms. The maximum absolute atomic E-state index is 12.5. The Morgan fingerprint density at radius 3 is 2.48 bits per heavy atom. The summed E-state index contributed by atoms with van der Waals surface area (Å²) < 4.78 is 6.02. The summed E-state index contributed by atoms with van der Waals surface area (Å²) in [6.07, 6.45) is 0. The molecule has 0 aliphatic rings.